The number of hydrogen-bond acceptors (Lipinski definition) is 5. The van der Waals surface area contributed by atoms with E-state index in [4.69, 9.17) is 9.47 Å². The van der Waals surface area contributed by atoms with Crippen molar-refractivity contribution in [2.24, 2.45) is 0 Å². The zero-order valence-electron chi connectivity index (χ0n) is 13.9. The monoisotopic (exact) mass is 344 g/mol. The van der Waals surface area contributed by atoms with Gasteiger partial charge in [-0.1, -0.05) is 0 Å². The van der Waals surface area contributed by atoms with Gasteiger partial charge in [-0.15, -0.1) is 0 Å². The molecular weight excluding hydrogens is 320 g/mol. The molecule has 0 aromatic heterocycles. The molecule has 1 N–H and O–H groups in total. The van der Waals surface area contributed by atoms with Crippen LogP contribution in [0.1, 0.15) is 20.8 Å². The van der Waals surface area contributed by atoms with Crippen molar-refractivity contribution in [3.05, 3.63) is 24.3 Å². The van der Waals surface area contributed by atoms with Gasteiger partial charge in [-0.3, -0.25) is 4.31 Å². The average molecular weight is 344 g/mol. The lowest BCUT2D eigenvalue weighted by Gasteiger charge is -2.23. The van der Waals surface area contributed by atoms with Gasteiger partial charge in [0, 0.05) is 6.54 Å². The molecule has 23 heavy (non-hydrogen) atoms. The standard InChI is InChI=1S/C15H24N2O5S/c1-5-21-15(18)16-10-11-17(23(4,19)20)13-6-8-14(9-7-13)22-12(2)3/h6-9,12H,5,10-11H2,1-4H3,(H,16,18). The number of sulfonamides is 1. The second-order valence-corrected chi connectivity index (χ2v) is 7.05. The molecule has 0 fully saturated rings. The van der Waals surface area contributed by atoms with E-state index in [1.807, 2.05) is 13.8 Å². The summed E-state index contributed by atoms with van der Waals surface area (Å²) in [4.78, 5) is 11.2. The Morgan fingerprint density at radius 3 is 2.35 bits per heavy atom. The summed E-state index contributed by atoms with van der Waals surface area (Å²) in [6.45, 7) is 6.05. The van der Waals surface area contributed by atoms with Crippen LogP contribution in [0.15, 0.2) is 24.3 Å². The van der Waals surface area contributed by atoms with Crippen LogP contribution in [0.2, 0.25) is 0 Å². The van der Waals surface area contributed by atoms with Crippen molar-refractivity contribution < 1.29 is 22.7 Å². The SMILES string of the molecule is CCOC(=O)NCCN(c1ccc(OC(C)C)cc1)S(C)(=O)=O. The van der Waals surface area contributed by atoms with Crippen molar-refractivity contribution >= 4 is 21.8 Å². The second kappa shape index (κ2) is 8.61. The highest BCUT2D eigenvalue weighted by atomic mass is 32.2. The number of ether oxygens (including phenoxy) is 2. The largest absolute Gasteiger partial charge is 0.491 e. The third kappa shape index (κ3) is 6.77. The molecule has 7 nitrogen and oxygen atoms in total. The molecule has 0 saturated carbocycles. The van der Waals surface area contributed by atoms with Crippen LogP contribution in [-0.2, 0) is 14.8 Å². The van der Waals surface area contributed by atoms with Crippen LogP contribution >= 0.6 is 0 Å². The number of benzene rings is 1. The minimum atomic E-state index is -3.46. The predicted octanol–water partition coefficient (Wildman–Crippen LogP) is 1.99. The maximum absolute atomic E-state index is 11.9. The predicted molar refractivity (Wildman–Crippen MR) is 89.4 cm³/mol. The molecule has 0 heterocycles. The van der Waals surface area contributed by atoms with E-state index in [-0.39, 0.29) is 25.8 Å². The summed E-state index contributed by atoms with van der Waals surface area (Å²) in [6, 6.07) is 6.77. The maximum Gasteiger partial charge on any atom is 0.407 e. The summed E-state index contributed by atoms with van der Waals surface area (Å²) in [5.74, 6) is 0.668. The van der Waals surface area contributed by atoms with Gasteiger partial charge in [-0.2, -0.15) is 0 Å². The zero-order chi connectivity index (χ0) is 17.5. The van der Waals surface area contributed by atoms with E-state index >= 15 is 0 Å². The zero-order valence-corrected chi connectivity index (χ0v) is 14.7. The van der Waals surface area contributed by atoms with E-state index in [9.17, 15) is 13.2 Å². The molecule has 0 atom stereocenters. The fraction of sp³-hybridized carbons (Fsp3) is 0.533. The van der Waals surface area contributed by atoms with Crippen molar-refractivity contribution in [3.63, 3.8) is 0 Å². The van der Waals surface area contributed by atoms with Gasteiger partial charge in [-0.25, -0.2) is 13.2 Å². The number of carbonyl (C=O) groups is 1. The van der Waals surface area contributed by atoms with E-state index in [1.165, 1.54) is 4.31 Å². The smallest absolute Gasteiger partial charge is 0.407 e. The molecule has 0 radical (unpaired) electrons. The third-order valence-electron chi connectivity index (χ3n) is 2.76. The lowest BCUT2D eigenvalue weighted by Crippen LogP contribution is -2.38. The molecule has 130 valence electrons. The molecule has 1 aromatic rings. The second-order valence-electron chi connectivity index (χ2n) is 5.14. The first kappa shape index (κ1) is 19.1. The lowest BCUT2D eigenvalue weighted by atomic mass is 10.3. The van der Waals surface area contributed by atoms with E-state index in [0.717, 1.165) is 6.26 Å². The lowest BCUT2D eigenvalue weighted by molar-refractivity contribution is 0.152. The molecule has 0 aliphatic carbocycles. The van der Waals surface area contributed by atoms with E-state index < -0.39 is 16.1 Å². The van der Waals surface area contributed by atoms with Crippen LogP contribution in [0.4, 0.5) is 10.5 Å². The molecule has 0 unspecified atom stereocenters. The summed E-state index contributed by atoms with van der Waals surface area (Å²) in [5.41, 5.74) is 0.509. The Hall–Kier alpha value is -1.96. The summed E-state index contributed by atoms with van der Waals surface area (Å²) in [7, 11) is -3.46. The van der Waals surface area contributed by atoms with Gasteiger partial charge in [-0.05, 0) is 45.0 Å². The van der Waals surface area contributed by atoms with Crippen LogP contribution < -0.4 is 14.4 Å². The highest BCUT2D eigenvalue weighted by Gasteiger charge is 2.17. The van der Waals surface area contributed by atoms with Gasteiger partial charge < -0.3 is 14.8 Å². The van der Waals surface area contributed by atoms with Gasteiger partial charge in [0.2, 0.25) is 10.0 Å². The van der Waals surface area contributed by atoms with E-state index in [0.29, 0.717) is 11.4 Å². The maximum atomic E-state index is 11.9. The Kier molecular flexibility index (Phi) is 7.15. The first-order chi connectivity index (χ1) is 10.7. The van der Waals surface area contributed by atoms with Gasteiger partial charge in [0.05, 0.1) is 31.2 Å². The number of nitrogens with one attached hydrogen (secondary N) is 1. The van der Waals surface area contributed by atoms with Crippen molar-refractivity contribution in [1.29, 1.82) is 0 Å². The molecule has 0 aliphatic rings. The first-order valence-corrected chi connectivity index (χ1v) is 9.24. The number of hydrogen-bond donors (Lipinski definition) is 1. The average Bonchev–Trinajstić information content (AvgIpc) is 2.43. The first-order valence-electron chi connectivity index (χ1n) is 7.39. The molecule has 0 saturated heterocycles. The fourth-order valence-corrected chi connectivity index (χ4v) is 2.82. The van der Waals surface area contributed by atoms with Crippen LogP contribution in [-0.4, -0.2) is 46.6 Å². The van der Waals surface area contributed by atoms with Crippen LogP contribution in [0.25, 0.3) is 0 Å². The number of amides is 1. The minimum Gasteiger partial charge on any atom is -0.491 e. The molecule has 8 heteroatoms. The summed E-state index contributed by atoms with van der Waals surface area (Å²) in [5, 5.41) is 2.50. The topological polar surface area (TPSA) is 84.9 Å². The molecule has 0 spiro atoms. The highest BCUT2D eigenvalue weighted by molar-refractivity contribution is 7.92. The number of carbonyl (C=O) groups excluding carboxylic acids is 1. The number of rotatable bonds is 8. The molecule has 0 bridgehead atoms. The molecule has 0 aliphatic heterocycles. The van der Waals surface area contributed by atoms with Gasteiger partial charge in [0.1, 0.15) is 5.75 Å². The summed E-state index contributed by atoms with van der Waals surface area (Å²) in [6.07, 6.45) is 0.595. The normalized spacial score (nSPS) is 11.2. The van der Waals surface area contributed by atoms with Crippen LogP contribution in [0.5, 0.6) is 5.75 Å². The van der Waals surface area contributed by atoms with Gasteiger partial charge in [0.25, 0.3) is 0 Å². The number of anilines is 1. The third-order valence-corrected chi connectivity index (χ3v) is 3.95. The number of alkyl carbamates (subject to hydrolysis) is 1. The molecule has 1 rings (SSSR count). The quantitative estimate of drug-likeness (QED) is 0.779. The van der Waals surface area contributed by atoms with Crippen molar-refractivity contribution in [2.45, 2.75) is 26.9 Å². The summed E-state index contributed by atoms with van der Waals surface area (Å²) < 4.78 is 35.4. The van der Waals surface area contributed by atoms with Crippen molar-refractivity contribution in [1.82, 2.24) is 5.32 Å². The Balaban J connectivity index is 2.77. The van der Waals surface area contributed by atoms with Crippen LogP contribution in [0.3, 0.4) is 0 Å². The Morgan fingerprint density at radius 1 is 1.26 bits per heavy atom. The fourth-order valence-electron chi connectivity index (χ4n) is 1.89. The summed E-state index contributed by atoms with van der Waals surface area (Å²) >= 11 is 0. The van der Waals surface area contributed by atoms with Crippen molar-refractivity contribution in [3.8, 4) is 5.75 Å². The Morgan fingerprint density at radius 2 is 1.87 bits per heavy atom. The van der Waals surface area contributed by atoms with Crippen LogP contribution in [0, 0.1) is 0 Å². The molecule has 1 amide bonds. The number of nitrogens with zero attached hydrogens (tertiary/aromatic N) is 1. The van der Waals surface area contributed by atoms with Gasteiger partial charge >= 0.3 is 6.09 Å². The van der Waals surface area contributed by atoms with Crippen molar-refractivity contribution in [2.75, 3.05) is 30.3 Å². The Bertz CT molecular complexity index is 599. The Labute approximate surface area is 137 Å². The highest BCUT2D eigenvalue weighted by Crippen LogP contribution is 2.22. The molecule has 1 aromatic carbocycles. The van der Waals surface area contributed by atoms with E-state index in [1.54, 1.807) is 31.2 Å². The molecular formula is C15H24N2O5S. The van der Waals surface area contributed by atoms with Gasteiger partial charge in [0.15, 0.2) is 0 Å². The minimum absolute atomic E-state index is 0.0423. The van der Waals surface area contributed by atoms with E-state index in [2.05, 4.69) is 5.32 Å².